The Labute approximate surface area is 137 Å². The van der Waals surface area contributed by atoms with Crippen LogP contribution in [-0.2, 0) is 0 Å². The van der Waals surface area contributed by atoms with E-state index in [4.69, 9.17) is 17.3 Å². The summed E-state index contributed by atoms with van der Waals surface area (Å²) >= 11 is 9.47. The van der Waals surface area contributed by atoms with E-state index in [-0.39, 0.29) is 0 Å². The molecule has 112 valence electrons. The quantitative estimate of drug-likeness (QED) is 0.871. The largest absolute Gasteiger partial charge is 0.340 e. The summed E-state index contributed by atoms with van der Waals surface area (Å²) < 4.78 is 0.902. The first-order valence-corrected chi connectivity index (χ1v) is 8.17. The van der Waals surface area contributed by atoms with Crippen molar-refractivity contribution >= 4 is 33.5 Å². The van der Waals surface area contributed by atoms with Crippen LogP contribution in [0, 0.1) is 5.92 Å². The Morgan fingerprint density at radius 2 is 2.14 bits per heavy atom. The Morgan fingerprint density at radius 3 is 2.81 bits per heavy atom. The summed E-state index contributed by atoms with van der Waals surface area (Å²) in [6.07, 6.45) is 2.20. The molecule has 5 nitrogen and oxygen atoms in total. The van der Waals surface area contributed by atoms with Gasteiger partial charge < -0.3 is 10.6 Å². The fourth-order valence-electron chi connectivity index (χ4n) is 2.57. The van der Waals surface area contributed by atoms with E-state index in [1.165, 1.54) is 0 Å². The van der Waals surface area contributed by atoms with Crippen molar-refractivity contribution in [1.82, 2.24) is 15.2 Å². The lowest BCUT2D eigenvalue weighted by atomic mass is 9.97. The van der Waals surface area contributed by atoms with Gasteiger partial charge in [0, 0.05) is 28.1 Å². The molecule has 2 heterocycles. The summed E-state index contributed by atoms with van der Waals surface area (Å²) in [5.41, 5.74) is 6.68. The number of hydrogen-bond donors (Lipinski definition) is 2. The SMILES string of the molecule is NCC1CCN(c2n[nH]c(-c3ccc(Cl)cc3Br)n2)CC1. The Kier molecular flexibility index (Phi) is 4.47. The van der Waals surface area contributed by atoms with Crippen LogP contribution in [0.5, 0.6) is 0 Å². The number of piperidine rings is 1. The van der Waals surface area contributed by atoms with Gasteiger partial charge in [0.05, 0.1) is 0 Å². The molecule has 3 N–H and O–H groups in total. The predicted molar refractivity (Wildman–Crippen MR) is 88.5 cm³/mol. The van der Waals surface area contributed by atoms with Crippen LogP contribution in [-0.4, -0.2) is 34.8 Å². The number of benzene rings is 1. The van der Waals surface area contributed by atoms with E-state index < -0.39 is 0 Å². The topological polar surface area (TPSA) is 70.8 Å². The van der Waals surface area contributed by atoms with Gasteiger partial charge in [-0.25, -0.2) is 0 Å². The Morgan fingerprint density at radius 1 is 1.38 bits per heavy atom. The fourth-order valence-corrected chi connectivity index (χ4v) is 3.44. The molecule has 1 fully saturated rings. The third-order valence-corrected chi connectivity index (χ3v) is 4.78. The van der Waals surface area contributed by atoms with E-state index in [0.717, 1.165) is 54.3 Å². The molecular formula is C14H17BrClN5. The molecule has 0 aliphatic carbocycles. The molecule has 0 saturated carbocycles. The third-order valence-electron chi connectivity index (χ3n) is 3.89. The van der Waals surface area contributed by atoms with E-state index in [0.29, 0.717) is 10.9 Å². The number of nitrogens with two attached hydrogens (primary N) is 1. The Balaban J connectivity index is 1.77. The molecule has 0 radical (unpaired) electrons. The lowest BCUT2D eigenvalue weighted by Crippen LogP contribution is -2.36. The van der Waals surface area contributed by atoms with Crippen molar-refractivity contribution in [2.75, 3.05) is 24.5 Å². The molecule has 7 heteroatoms. The third kappa shape index (κ3) is 3.22. The number of halogens is 2. The van der Waals surface area contributed by atoms with Gasteiger partial charge in [-0.05, 0) is 59.4 Å². The maximum atomic E-state index is 5.96. The smallest absolute Gasteiger partial charge is 0.245 e. The zero-order valence-electron chi connectivity index (χ0n) is 11.5. The predicted octanol–water partition coefficient (Wildman–Crippen LogP) is 3.06. The van der Waals surface area contributed by atoms with Gasteiger partial charge >= 0.3 is 0 Å². The highest BCUT2D eigenvalue weighted by atomic mass is 79.9. The number of hydrogen-bond acceptors (Lipinski definition) is 4. The first-order valence-electron chi connectivity index (χ1n) is 7.00. The minimum Gasteiger partial charge on any atom is -0.340 e. The maximum absolute atomic E-state index is 5.96. The van der Waals surface area contributed by atoms with Crippen LogP contribution in [0.2, 0.25) is 5.02 Å². The summed E-state index contributed by atoms with van der Waals surface area (Å²) in [6.45, 7) is 2.69. The minimum absolute atomic E-state index is 0.630. The lowest BCUT2D eigenvalue weighted by Gasteiger charge is -2.30. The molecule has 2 aromatic rings. The fraction of sp³-hybridized carbons (Fsp3) is 0.429. The highest BCUT2D eigenvalue weighted by Crippen LogP contribution is 2.29. The van der Waals surface area contributed by atoms with Crippen molar-refractivity contribution in [3.8, 4) is 11.4 Å². The molecule has 0 atom stereocenters. The van der Waals surface area contributed by atoms with Gasteiger partial charge in [-0.3, -0.25) is 5.10 Å². The Bertz CT molecular complexity index is 622. The molecule has 0 bridgehead atoms. The number of aromatic nitrogens is 3. The lowest BCUT2D eigenvalue weighted by molar-refractivity contribution is 0.411. The van der Waals surface area contributed by atoms with E-state index in [1.54, 1.807) is 0 Å². The maximum Gasteiger partial charge on any atom is 0.245 e. The zero-order valence-corrected chi connectivity index (χ0v) is 13.9. The molecular weight excluding hydrogens is 354 g/mol. The van der Waals surface area contributed by atoms with Gasteiger partial charge in [0.15, 0.2) is 5.82 Å². The summed E-state index contributed by atoms with van der Waals surface area (Å²) in [5, 5.41) is 8.03. The van der Waals surface area contributed by atoms with Gasteiger partial charge in [0.1, 0.15) is 0 Å². The monoisotopic (exact) mass is 369 g/mol. The van der Waals surface area contributed by atoms with Crippen LogP contribution in [0.3, 0.4) is 0 Å². The van der Waals surface area contributed by atoms with E-state index in [9.17, 15) is 0 Å². The van der Waals surface area contributed by atoms with Gasteiger partial charge in [-0.2, -0.15) is 4.98 Å². The summed E-state index contributed by atoms with van der Waals surface area (Å²) in [6, 6.07) is 5.62. The zero-order chi connectivity index (χ0) is 14.8. The Hall–Kier alpha value is -1.11. The van der Waals surface area contributed by atoms with Crippen molar-refractivity contribution in [2.24, 2.45) is 11.7 Å². The second-order valence-corrected chi connectivity index (χ2v) is 6.57. The van der Waals surface area contributed by atoms with Crippen LogP contribution in [0.4, 0.5) is 5.95 Å². The van der Waals surface area contributed by atoms with Crippen LogP contribution < -0.4 is 10.6 Å². The van der Waals surface area contributed by atoms with E-state index in [2.05, 4.69) is 36.0 Å². The average Bonchev–Trinajstić information content (AvgIpc) is 2.97. The van der Waals surface area contributed by atoms with Crippen LogP contribution in [0.15, 0.2) is 22.7 Å². The number of rotatable bonds is 3. The van der Waals surface area contributed by atoms with Crippen LogP contribution in [0.1, 0.15) is 12.8 Å². The van der Waals surface area contributed by atoms with Gasteiger partial charge in [-0.1, -0.05) is 11.6 Å². The van der Waals surface area contributed by atoms with Crippen LogP contribution >= 0.6 is 27.5 Å². The first kappa shape index (κ1) is 14.8. The molecule has 0 spiro atoms. The van der Waals surface area contributed by atoms with E-state index >= 15 is 0 Å². The van der Waals surface area contributed by atoms with Gasteiger partial charge in [0.2, 0.25) is 5.95 Å². The number of anilines is 1. The highest BCUT2D eigenvalue weighted by Gasteiger charge is 2.21. The van der Waals surface area contributed by atoms with Crippen LogP contribution in [0.25, 0.3) is 11.4 Å². The summed E-state index contributed by atoms with van der Waals surface area (Å²) in [7, 11) is 0. The molecule has 3 rings (SSSR count). The van der Waals surface area contributed by atoms with Crippen molar-refractivity contribution in [3.05, 3.63) is 27.7 Å². The highest BCUT2D eigenvalue weighted by molar-refractivity contribution is 9.10. The van der Waals surface area contributed by atoms with Gasteiger partial charge in [0.25, 0.3) is 0 Å². The van der Waals surface area contributed by atoms with Crippen molar-refractivity contribution in [3.63, 3.8) is 0 Å². The molecule has 1 aliphatic rings. The standard InChI is InChI=1S/C14H17BrClN5/c15-12-7-10(16)1-2-11(12)13-18-14(20-19-13)21-5-3-9(8-17)4-6-21/h1-2,7,9H,3-6,8,17H2,(H,18,19,20). The molecule has 1 aromatic carbocycles. The molecule has 1 aromatic heterocycles. The second-order valence-electron chi connectivity index (χ2n) is 5.27. The minimum atomic E-state index is 0.630. The van der Waals surface area contributed by atoms with Crippen molar-refractivity contribution in [1.29, 1.82) is 0 Å². The number of H-pyrrole nitrogens is 1. The molecule has 1 aliphatic heterocycles. The normalized spacial score (nSPS) is 16.4. The molecule has 0 unspecified atom stereocenters. The average molecular weight is 371 g/mol. The van der Waals surface area contributed by atoms with Crippen molar-refractivity contribution in [2.45, 2.75) is 12.8 Å². The number of aromatic amines is 1. The second kappa shape index (κ2) is 6.34. The molecule has 1 saturated heterocycles. The van der Waals surface area contributed by atoms with E-state index in [1.807, 2.05) is 18.2 Å². The first-order chi connectivity index (χ1) is 10.2. The number of nitrogens with one attached hydrogen (secondary N) is 1. The summed E-state index contributed by atoms with van der Waals surface area (Å²) in [5.74, 6) is 2.13. The molecule has 21 heavy (non-hydrogen) atoms. The van der Waals surface area contributed by atoms with Gasteiger partial charge in [-0.15, -0.1) is 5.10 Å². The molecule has 0 amide bonds. The summed E-state index contributed by atoms with van der Waals surface area (Å²) in [4.78, 5) is 6.80. The number of nitrogens with zero attached hydrogens (tertiary/aromatic N) is 3. The van der Waals surface area contributed by atoms with Crippen molar-refractivity contribution < 1.29 is 0 Å².